The van der Waals surface area contributed by atoms with E-state index in [1.165, 1.54) is 4.90 Å². The Morgan fingerprint density at radius 1 is 1.08 bits per heavy atom. The predicted molar refractivity (Wildman–Crippen MR) is 86.7 cm³/mol. The first-order chi connectivity index (χ1) is 12.3. The summed E-state index contributed by atoms with van der Waals surface area (Å²) in [6.07, 6.45) is -4.23. The zero-order chi connectivity index (χ0) is 19.2. The van der Waals surface area contributed by atoms with E-state index in [-0.39, 0.29) is 25.4 Å². The molecule has 0 bridgehead atoms. The second-order valence-electron chi connectivity index (χ2n) is 5.90. The topological polar surface area (TPSA) is 59.1 Å². The summed E-state index contributed by atoms with van der Waals surface area (Å²) in [5.74, 6) is 0.0948. The largest absolute Gasteiger partial charge is 0.497 e. The van der Waals surface area contributed by atoms with Gasteiger partial charge >= 0.3 is 6.18 Å². The molecular formula is C17H21F3N2O4. The normalized spacial score (nSPS) is 15.1. The molecule has 1 aromatic carbocycles. The smallest absolute Gasteiger partial charge is 0.411 e. The van der Waals surface area contributed by atoms with Crippen LogP contribution in [-0.2, 0) is 20.7 Å². The number of carbonyl (C=O) groups excluding carboxylic acids is 2. The quantitative estimate of drug-likeness (QED) is 0.757. The third-order valence-corrected chi connectivity index (χ3v) is 3.97. The van der Waals surface area contributed by atoms with Crippen LogP contribution in [0.25, 0.3) is 0 Å². The second kappa shape index (κ2) is 8.88. The molecule has 0 atom stereocenters. The molecule has 0 unspecified atom stereocenters. The van der Waals surface area contributed by atoms with Crippen LogP contribution in [0.3, 0.4) is 0 Å². The molecule has 0 radical (unpaired) electrons. The number of methoxy groups -OCH3 is 1. The number of amides is 2. The van der Waals surface area contributed by atoms with Crippen LogP contribution >= 0.6 is 0 Å². The van der Waals surface area contributed by atoms with Crippen molar-refractivity contribution in [2.45, 2.75) is 12.6 Å². The second-order valence-corrected chi connectivity index (χ2v) is 5.90. The summed E-state index contributed by atoms with van der Waals surface area (Å²) in [6, 6.07) is 7.21. The number of ether oxygens (including phenoxy) is 2. The molecule has 0 aromatic heterocycles. The van der Waals surface area contributed by atoms with E-state index in [2.05, 4.69) is 4.74 Å². The number of nitrogens with zero attached hydrogens (tertiary/aromatic N) is 2. The zero-order valence-electron chi connectivity index (χ0n) is 14.4. The van der Waals surface area contributed by atoms with Crippen molar-refractivity contribution in [3.8, 4) is 5.75 Å². The first kappa shape index (κ1) is 20.0. The van der Waals surface area contributed by atoms with Gasteiger partial charge in [0, 0.05) is 26.2 Å². The van der Waals surface area contributed by atoms with Crippen LogP contribution in [0, 0.1) is 0 Å². The third-order valence-electron chi connectivity index (χ3n) is 3.97. The molecule has 0 spiro atoms. The molecule has 144 valence electrons. The fraction of sp³-hybridized carbons (Fsp3) is 0.529. The van der Waals surface area contributed by atoms with Crippen molar-refractivity contribution in [1.29, 1.82) is 0 Å². The number of hydrogen-bond acceptors (Lipinski definition) is 4. The zero-order valence-corrected chi connectivity index (χ0v) is 14.4. The van der Waals surface area contributed by atoms with Gasteiger partial charge in [0.2, 0.25) is 11.8 Å². The Morgan fingerprint density at radius 2 is 1.69 bits per heavy atom. The molecule has 0 saturated carbocycles. The van der Waals surface area contributed by atoms with E-state index < -0.39 is 25.3 Å². The standard InChI is InChI=1S/C17H21F3N2O4/c1-25-14-4-2-3-13(9-14)10-15(23)21-5-7-22(8-6-21)16(24)11-26-12-17(18,19)20/h2-4,9H,5-8,10-12H2,1H3. The van der Waals surface area contributed by atoms with Crippen LogP contribution in [0.1, 0.15) is 5.56 Å². The minimum atomic E-state index is -4.45. The summed E-state index contributed by atoms with van der Waals surface area (Å²) in [6.45, 7) is -0.827. The molecular weight excluding hydrogens is 353 g/mol. The number of rotatable bonds is 6. The van der Waals surface area contributed by atoms with Gasteiger partial charge in [-0.25, -0.2) is 0 Å². The van der Waals surface area contributed by atoms with E-state index in [0.717, 1.165) is 5.56 Å². The SMILES string of the molecule is COc1cccc(CC(=O)N2CCN(C(=O)COCC(F)(F)F)CC2)c1. The number of benzene rings is 1. The number of hydrogen-bond donors (Lipinski definition) is 0. The molecule has 1 aliphatic heterocycles. The Labute approximate surface area is 149 Å². The summed E-state index contributed by atoms with van der Waals surface area (Å²) in [7, 11) is 1.55. The lowest BCUT2D eigenvalue weighted by Gasteiger charge is -2.34. The highest BCUT2D eigenvalue weighted by Crippen LogP contribution is 2.15. The highest BCUT2D eigenvalue weighted by molar-refractivity contribution is 5.80. The molecule has 9 heteroatoms. The number of alkyl halides is 3. The lowest BCUT2D eigenvalue weighted by molar-refractivity contribution is -0.178. The monoisotopic (exact) mass is 374 g/mol. The van der Waals surface area contributed by atoms with Crippen LogP contribution in [0.15, 0.2) is 24.3 Å². The van der Waals surface area contributed by atoms with Crippen molar-refractivity contribution >= 4 is 11.8 Å². The number of halogens is 3. The molecule has 0 aliphatic carbocycles. The summed E-state index contributed by atoms with van der Waals surface area (Å²) < 4.78 is 45.5. The molecule has 1 aliphatic rings. The Kier molecular flexibility index (Phi) is 6.84. The van der Waals surface area contributed by atoms with Gasteiger partial charge in [-0.1, -0.05) is 12.1 Å². The van der Waals surface area contributed by atoms with Gasteiger partial charge in [-0.05, 0) is 17.7 Å². The van der Waals surface area contributed by atoms with Crippen LogP contribution in [0.5, 0.6) is 5.75 Å². The van der Waals surface area contributed by atoms with Gasteiger partial charge in [-0.2, -0.15) is 13.2 Å². The van der Waals surface area contributed by atoms with Gasteiger partial charge in [0.05, 0.1) is 13.5 Å². The highest BCUT2D eigenvalue weighted by Gasteiger charge is 2.29. The minimum Gasteiger partial charge on any atom is -0.497 e. The van der Waals surface area contributed by atoms with Crippen molar-refractivity contribution in [1.82, 2.24) is 9.80 Å². The maximum absolute atomic E-state index is 12.4. The first-order valence-electron chi connectivity index (χ1n) is 8.11. The van der Waals surface area contributed by atoms with E-state index in [9.17, 15) is 22.8 Å². The van der Waals surface area contributed by atoms with Crippen molar-refractivity contribution in [2.24, 2.45) is 0 Å². The van der Waals surface area contributed by atoms with Gasteiger partial charge in [0.25, 0.3) is 0 Å². The Bertz CT molecular complexity index is 629. The molecule has 0 N–H and O–H groups in total. The van der Waals surface area contributed by atoms with Crippen LogP contribution in [0.2, 0.25) is 0 Å². The highest BCUT2D eigenvalue weighted by atomic mass is 19.4. The Hall–Kier alpha value is -2.29. The fourth-order valence-electron chi connectivity index (χ4n) is 2.62. The van der Waals surface area contributed by atoms with Gasteiger partial charge in [0.15, 0.2) is 0 Å². The Balaban J connectivity index is 1.76. The third kappa shape index (κ3) is 6.21. The molecule has 2 rings (SSSR count). The van der Waals surface area contributed by atoms with E-state index in [1.807, 2.05) is 6.07 Å². The van der Waals surface area contributed by atoms with Crippen molar-refractivity contribution < 1.29 is 32.2 Å². The van der Waals surface area contributed by atoms with E-state index in [1.54, 1.807) is 30.2 Å². The average molecular weight is 374 g/mol. The average Bonchev–Trinajstić information content (AvgIpc) is 2.60. The summed E-state index contributed by atoms with van der Waals surface area (Å²) in [5, 5.41) is 0. The lowest BCUT2D eigenvalue weighted by atomic mass is 10.1. The van der Waals surface area contributed by atoms with Gasteiger partial charge in [-0.3, -0.25) is 9.59 Å². The molecule has 1 fully saturated rings. The molecule has 1 heterocycles. The molecule has 2 amide bonds. The summed E-state index contributed by atoms with van der Waals surface area (Å²) in [5.41, 5.74) is 0.827. The van der Waals surface area contributed by atoms with E-state index >= 15 is 0 Å². The van der Waals surface area contributed by atoms with E-state index in [4.69, 9.17) is 4.74 Å². The molecule has 1 saturated heterocycles. The maximum atomic E-state index is 12.4. The van der Waals surface area contributed by atoms with Crippen LogP contribution in [0.4, 0.5) is 13.2 Å². The van der Waals surface area contributed by atoms with Gasteiger partial charge in [0.1, 0.15) is 19.0 Å². The Morgan fingerprint density at radius 3 is 2.27 bits per heavy atom. The van der Waals surface area contributed by atoms with Crippen molar-refractivity contribution in [3.05, 3.63) is 29.8 Å². The maximum Gasteiger partial charge on any atom is 0.411 e. The summed E-state index contributed by atoms with van der Waals surface area (Å²) in [4.78, 5) is 27.2. The van der Waals surface area contributed by atoms with Gasteiger partial charge in [-0.15, -0.1) is 0 Å². The van der Waals surface area contributed by atoms with Crippen LogP contribution in [-0.4, -0.2) is 74.3 Å². The van der Waals surface area contributed by atoms with Crippen molar-refractivity contribution in [2.75, 3.05) is 46.5 Å². The van der Waals surface area contributed by atoms with E-state index in [0.29, 0.717) is 18.8 Å². The van der Waals surface area contributed by atoms with Gasteiger partial charge < -0.3 is 19.3 Å². The van der Waals surface area contributed by atoms with Crippen LogP contribution < -0.4 is 4.74 Å². The number of piperazine rings is 1. The number of carbonyl (C=O) groups is 2. The minimum absolute atomic E-state index is 0.0707. The molecule has 26 heavy (non-hydrogen) atoms. The van der Waals surface area contributed by atoms with Crippen molar-refractivity contribution in [3.63, 3.8) is 0 Å². The first-order valence-corrected chi connectivity index (χ1v) is 8.11. The molecule has 1 aromatic rings. The predicted octanol–water partition coefficient (Wildman–Crippen LogP) is 1.49. The lowest BCUT2D eigenvalue weighted by Crippen LogP contribution is -2.51. The fourth-order valence-corrected chi connectivity index (χ4v) is 2.62. The summed E-state index contributed by atoms with van der Waals surface area (Å²) >= 11 is 0. The molecule has 6 nitrogen and oxygen atoms in total.